The number of hydrogen-bond donors (Lipinski definition) is 5. The van der Waals surface area contributed by atoms with Crippen molar-refractivity contribution in [1.82, 2.24) is 34.7 Å². The number of urea groups is 2. The molecule has 34 heavy (non-hydrogen) atoms. The number of carbonyl (C=O) groups excluding carboxylic acids is 4. The van der Waals surface area contributed by atoms with Crippen LogP contribution in [0.2, 0.25) is 0 Å². The lowest BCUT2D eigenvalue weighted by atomic mass is 10.1. The first-order valence-electron chi connectivity index (χ1n) is 9.05. The van der Waals surface area contributed by atoms with Crippen LogP contribution in [0.5, 0.6) is 0 Å². The third-order valence-corrected chi connectivity index (χ3v) is 6.38. The second-order valence-corrected chi connectivity index (χ2v) is 8.99. The van der Waals surface area contributed by atoms with Gasteiger partial charge in [-0.1, -0.05) is 5.16 Å². The summed E-state index contributed by atoms with van der Waals surface area (Å²) in [6.07, 6.45) is -1.59. The van der Waals surface area contributed by atoms with Gasteiger partial charge in [-0.05, 0) is 0 Å². The molecule has 0 saturated carbocycles. The van der Waals surface area contributed by atoms with E-state index < -0.39 is 52.8 Å². The highest BCUT2D eigenvalue weighted by Gasteiger charge is 2.45. The molecule has 1 aromatic rings. The van der Waals surface area contributed by atoms with Gasteiger partial charge in [-0.2, -0.15) is 8.42 Å². The third kappa shape index (κ3) is 4.91. The van der Waals surface area contributed by atoms with Crippen LogP contribution in [0, 0.1) is 0 Å². The van der Waals surface area contributed by atoms with E-state index in [1.54, 1.807) is 10.1 Å². The average Bonchev–Trinajstić information content (AvgIpc) is 3.33. The van der Waals surface area contributed by atoms with Crippen molar-refractivity contribution in [3.05, 3.63) is 11.1 Å². The Labute approximate surface area is 194 Å². The number of hydrogen-bond acceptors (Lipinski definition) is 12. The molecule has 0 aliphatic carbocycles. The van der Waals surface area contributed by atoms with Gasteiger partial charge in [0.15, 0.2) is 10.8 Å². The summed E-state index contributed by atoms with van der Waals surface area (Å²) in [7, 11) is -3.56. The molecule has 7 amide bonds. The van der Waals surface area contributed by atoms with Gasteiger partial charge in [0.05, 0.1) is 19.6 Å². The Morgan fingerprint density at radius 1 is 1.32 bits per heavy atom. The Morgan fingerprint density at radius 2 is 2.03 bits per heavy atom. The Hall–Kier alpha value is -4.20. The molecular formula is C14H17N9O9S2. The van der Waals surface area contributed by atoms with Crippen molar-refractivity contribution >= 4 is 62.4 Å². The molecule has 0 spiro atoms. The van der Waals surface area contributed by atoms with Gasteiger partial charge in [-0.15, -0.1) is 11.3 Å². The zero-order chi connectivity index (χ0) is 25.2. The van der Waals surface area contributed by atoms with Crippen molar-refractivity contribution in [3.63, 3.8) is 0 Å². The molecule has 1 aromatic heterocycles. The number of oxime groups is 1. The first-order valence-corrected chi connectivity index (χ1v) is 11.4. The number of likely N-dealkylation sites (tertiary alicyclic amines) is 1. The number of thiazole rings is 1. The topological polar surface area (TPSA) is 246 Å². The number of carbonyl (C=O) groups is 5. The van der Waals surface area contributed by atoms with E-state index in [4.69, 9.17) is 10.8 Å². The Kier molecular flexibility index (Phi) is 6.72. The number of amides is 7. The maximum atomic E-state index is 12.5. The summed E-state index contributed by atoms with van der Waals surface area (Å²) >= 11 is 1.04. The van der Waals surface area contributed by atoms with Gasteiger partial charge in [0, 0.05) is 5.38 Å². The lowest BCUT2D eigenvalue weighted by molar-refractivity contribution is -0.141. The van der Waals surface area contributed by atoms with Crippen LogP contribution in [0.3, 0.4) is 0 Å². The minimum Gasteiger partial charge on any atom is -0.464 e. The van der Waals surface area contributed by atoms with E-state index in [9.17, 15) is 32.4 Å². The molecule has 0 bridgehead atoms. The van der Waals surface area contributed by atoms with Crippen molar-refractivity contribution < 1.29 is 42.3 Å². The Morgan fingerprint density at radius 3 is 2.59 bits per heavy atom. The number of nitrogen functional groups attached to an aromatic ring is 1. The van der Waals surface area contributed by atoms with Gasteiger partial charge in [-0.25, -0.2) is 38.8 Å². The number of β-lactam (4-membered cyclic amide) rings is 1. The van der Waals surface area contributed by atoms with Crippen LogP contribution in [0.1, 0.15) is 5.69 Å². The molecule has 2 fully saturated rings. The van der Waals surface area contributed by atoms with Crippen LogP contribution in [0.15, 0.2) is 10.5 Å². The standard InChI is InChI=1S/C14H17N9O9S2/c1-32-19-8(7-5-33-11(15)17-7)9(24)16-6-4-21(10(6)25)12(26)20-34(30,31)23-3-2-22(14(23)29)18-13(27)28/h5-6,18H,2-4H2,1H3,(H2,15,17)(H,16,24)(H,20,26)(H,27,28)/b19-8-. The van der Waals surface area contributed by atoms with Crippen molar-refractivity contribution in [1.29, 1.82) is 0 Å². The number of hydrazine groups is 1. The number of nitrogens with zero attached hydrogens (tertiary/aromatic N) is 5. The number of nitrogens with two attached hydrogens (primary N) is 1. The van der Waals surface area contributed by atoms with E-state index in [-0.39, 0.29) is 33.9 Å². The van der Waals surface area contributed by atoms with Crippen LogP contribution in [0.4, 0.5) is 19.5 Å². The van der Waals surface area contributed by atoms with E-state index in [1.165, 1.54) is 12.5 Å². The number of carboxylic acid groups (broad SMARTS) is 1. The number of anilines is 1. The second-order valence-electron chi connectivity index (χ2n) is 6.50. The monoisotopic (exact) mass is 519 g/mol. The van der Waals surface area contributed by atoms with Crippen LogP contribution in [0.25, 0.3) is 0 Å². The molecule has 18 nitrogen and oxygen atoms in total. The van der Waals surface area contributed by atoms with Crippen molar-refractivity contribution in [2.24, 2.45) is 5.16 Å². The lowest BCUT2D eigenvalue weighted by Crippen LogP contribution is -2.68. The summed E-state index contributed by atoms with van der Waals surface area (Å²) in [5.74, 6) is -1.79. The number of aromatic nitrogens is 1. The largest absolute Gasteiger partial charge is 0.464 e. The summed E-state index contributed by atoms with van der Waals surface area (Å²) in [6, 6.07) is -3.79. The molecule has 2 aliphatic heterocycles. The maximum absolute atomic E-state index is 12.5. The van der Waals surface area contributed by atoms with Gasteiger partial charge >= 0.3 is 28.4 Å². The van der Waals surface area contributed by atoms with Crippen molar-refractivity contribution in [2.45, 2.75) is 6.04 Å². The fourth-order valence-corrected chi connectivity index (χ4v) is 4.43. The Bertz CT molecular complexity index is 1180. The van der Waals surface area contributed by atoms with E-state index in [0.717, 1.165) is 11.3 Å². The van der Waals surface area contributed by atoms with Gasteiger partial charge in [0.1, 0.15) is 18.8 Å². The van der Waals surface area contributed by atoms with Crippen LogP contribution >= 0.6 is 11.3 Å². The smallest absolute Gasteiger partial charge is 0.423 e. The minimum absolute atomic E-state index is 0.0935. The average molecular weight is 519 g/mol. The molecule has 1 unspecified atom stereocenters. The Balaban J connectivity index is 1.58. The molecule has 2 saturated heterocycles. The zero-order valence-corrected chi connectivity index (χ0v) is 18.8. The number of imide groups is 1. The molecular weight excluding hydrogens is 502 g/mol. The fourth-order valence-electron chi connectivity index (χ4n) is 2.81. The van der Waals surface area contributed by atoms with Crippen LogP contribution in [-0.4, -0.2) is 101 Å². The normalized spacial score (nSPS) is 18.4. The van der Waals surface area contributed by atoms with Gasteiger partial charge in [0.2, 0.25) is 0 Å². The molecule has 3 heterocycles. The highest BCUT2D eigenvalue weighted by Crippen LogP contribution is 2.16. The first kappa shape index (κ1) is 24.4. The van der Waals surface area contributed by atoms with E-state index >= 15 is 0 Å². The van der Waals surface area contributed by atoms with Crippen LogP contribution in [-0.2, 0) is 24.6 Å². The van der Waals surface area contributed by atoms with Crippen molar-refractivity contribution in [3.8, 4) is 0 Å². The van der Waals surface area contributed by atoms with Crippen LogP contribution < -0.4 is 21.2 Å². The van der Waals surface area contributed by atoms with E-state index in [2.05, 4.69) is 20.3 Å². The molecule has 0 radical (unpaired) electrons. The minimum atomic E-state index is -4.74. The molecule has 0 aromatic carbocycles. The SMILES string of the molecule is CO/N=C(\C(=O)NC1CN(C(=O)NS(=O)(=O)N2CCN(NC(=O)O)C2=O)C1=O)c1csc(N)n1. The van der Waals surface area contributed by atoms with E-state index in [1.807, 2.05) is 0 Å². The maximum Gasteiger partial charge on any atom is 0.423 e. The van der Waals surface area contributed by atoms with Crippen molar-refractivity contribution in [2.75, 3.05) is 32.5 Å². The summed E-state index contributed by atoms with van der Waals surface area (Å²) in [5.41, 5.74) is 7.04. The quantitative estimate of drug-likeness (QED) is 0.141. The summed E-state index contributed by atoms with van der Waals surface area (Å²) < 4.78 is 26.4. The van der Waals surface area contributed by atoms with E-state index in [0.29, 0.717) is 9.91 Å². The zero-order valence-electron chi connectivity index (χ0n) is 17.1. The highest BCUT2D eigenvalue weighted by atomic mass is 32.2. The molecule has 3 rings (SSSR count). The first-order chi connectivity index (χ1) is 15.9. The molecule has 6 N–H and O–H groups in total. The summed E-state index contributed by atoms with van der Waals surface area (Å²) in [5, 5.41) is 16.6. The predicted octanol–water partition coefficient (Wildman–Crippen LogP) is -2.72. The summed E-state index contributed by atoms with van der Waals surface area (Å²) in [6.45, 7) is -1.13. The lowest BCUT2D eigenvalue weighted by Gasteiger charge is -2.36. The third-order valence-electron chi connectivity index (χ3n) is 4.35. The fraction of sp³-hybridized carbons (Fsp3) is 0.357. The summed E-state index contributed by atoms with van der Waals surface area (Å²) in [4.78, 5) is 68.6. The highest BCUT2D eigenvalue weighted by molar-refractivity contribution is 7.88. The second kappa shape index (κ2) is 9.35. The number of rotatable bonds is 7. The van der Waals surface area contributed by atoms with Gasteiger partial charge in [0.25, 0.3) is 11.8 Å². The number of nitrogens with one attached hydrogen (secondary N) is 3. The van der Waals surface area contributed by atoms with Gasteiger partial charge in [-0.3, -0.25) is 14.5 Å². The molecule has 20 heteroatoms. The molecule has 1 atom stereocenters. The molecule has 184 valence electrons. The molecule has 2 aliphatic rings. The van der Waals surface area contributed by atoms with Gasteiger partial charge < -0.3 is 21.0 Å². The predicted molar refractivity (Wildman–Crippen MR) is 111 cm³/mol.